The van der Waals surface area contributed by atoms with Crippen LogP contribution in [0.4, 0.5) is 0 Å². The molecule has 3 N–H and O–H groups in total. The number of halogens is 1. The van der Waals surface area contributed by atoms with Crippen molar-refractivity contribution in [1.82, 2.24) is 20.4 Å². The first kappa shape index (κ1) is 25.5. The van der Waals surface area contributed by atoms with Crippen LogP contribution in [-0.4, -0.2) is 40.5 Å². The molecule has 0 aliphatic rings. The van der Waals surface area contributed by atoms with Crippen molar-refractivity contribution in [2.45, 2.75) is 60.6 Å². The Balaban J connectivity index is 0.00000420. The van der Waals surface area contributed by atoms with Gasteiger partial charge in [0.2, 0.25) is 0 Å². The van der Waals surface area contributed by atoms with Gasteiger partial charge in [0.25, 0.3) is 0 Å². The number of aliphatic imine (C=N–C) groups is 1. The number of guanidine groups is 1. The van der Waals surface area contributed by atoms with Crippen molar-refractivity contribution >= 4 is 29.9 Å². The lowest BCUT2D eigenvalue weighted by Gasteiger charge is -2.22. The molecule has 2 unspecified atom stereocenters. The van der Waals surface area contributed by atoms with Crippen LogP contribution in [0.1, 0.15) is 49.2 Å². The van der Waals surface area contributed by atoms with Crippen molar-refractivity contribution in [3.05, 3.63) is 40.6 Å². The number of aryl methyl sites for hydroxylation is 4. The summed E-state index contributed by atoms with van der Waals surface area (Å²) in [6.07, 6.45) is 0. The van der Waals surface area contributed by atoms with Gasteiger partial charge >= 0.3 is 0 Å². The first-order chi connectivity index (χ1) is 13.1. The summed E-state index contributed by atoms with van der Waals surface area (Å²) in [6, 6.07) is 3.97. The molecule has 2 aromatic heterocycles. The minimum atomic E-state index is -1.08. The fourth-order valence-electron chi connectivity index (χ4n) is 3.32. The third kappa shape index (κ3) is 7.33. The number of hydrogen-bond donors (Lipinski definition) is 3. The molecule has 2 rings (SSSR count). The lowest BCUT2D eigenvalue weighted by Crippen LogP contribution is -2.41. The summed E-state index contributed by atoms with van der Waals surface area (Å²) in [5, 5.41) is 22.0. The summed E-state index contributed by atoms with van der Waals surface area (Å²) < 4.78 is 7.60. The highest BCUT2D eigenvalue weighted by Gasteiger charge is 2.27. The van der Waals surface area contributed by atoms with Crippen LogP contribution in [0, 0.1) is 33.6 Å². The van der Waals surface area contributed by atoms with Crippen LogP contribution >= 0.6 is 24.0 Å². The van der Waals surface area contributed by atoms with Gasteiger partial charge in [0, 0.05) is 30.9 Å². The molecule has 0 fully saturated rings. The Kier molecular flexibility index (Phi) is 9.67. The van der Waals surface area contributed by atoms with E-state index in [4.69, 9.17) is 4.42 Å². The van der Waals surface area contributed by atoms with E-state index in [1.54, 1.807) is 6.92 Å². The van der Waals surface area contributed by atoms with Crippen LogP contribution in [0.3, 0.4) is 0 Å². The van der Waals surface area contributed by atoms with Crippen LogP contribution in [0.5, 0.6) is 0 Å². The number of hydrogen-bond acceptors (Lipinski definition) is 4. The fourth-order valence-corrected chi connectivity index (χ4v) is 3.32. The highest BCUT2D eigenvalue weighted by atomic mass is 127. The van der Waals surface area contributed by atoms with Crippen LogP contribution in [-0.2, 0) is 12.1 Å². The topological polar surface area (TPSA) is 87.6 Å². The predicted octanol–water partition coefficient (Wildman–Crippen LogP) is 3.43. The Hall–Kier alpha value is -1.55. The maximum absolute atomic E-state index is 10.9. The van der Waals surface area contributed by atoms with Gasteiger partial charge in [0.05, 0.1) is 12.2 Å². The highest BCUT2D eigenvalue weighted by molar-refractivity contribution is 14.0. The van der Waals surface area contributed by atoms with Gasteiger partial charge in [-0.2, -0.15) is 5.10 Å². The van der Waals surface area contributed by atoms with Gasteiger partial charge in [0.15, 0.2) is 5.96 Å². The number of nitrogens with zero attached hydrogens (tertiary/aromatic N) is 3. The first-order valence-corrected chi connectivity index (χ1v) is 9.95. The van der Waals surface area contributed by atoms with E-state index in [1.165, 1.54) is 5.69 Å². The van der Waals surface area contributed by atoms with E-state index in [-0.39, 0.29) is 30.5 Å². The average molecular weight is 517 g/mol. The molecule has 8 heteroatoms. The van der Waals surface area contributed by atoms with E-state index in [9.17, 15) is 5.11 Å². The van der Waals surface area contributed by atoms with Crippen molar-refractivity contribution in [2.75, 3.05) is 19.6 Å². The number of aromatic nitrogens is 2. The van der Waals surface area contributed by atoms with Crippen molar-refractivity contribution in [3.63, 3.8) is 0 Å². The molecule has 0 radical (unpaired) electrons. The van der Waals surface area contributed by atoms with Crippen molar-refractivity contribution in [3.8, 4) is 0 Å². The number of aliphatic hydroxyl groups is 1. The minimum absolute atomic E-state index is 0. The second kappa shape index (κ2) is 11.0. The van der Waals surface area contributed by atoms with E-state index in [0.29, 0.717) is 11.9 Å². The first-order valence-electron chi connectivity index (χ1n) is 9.95. The molecule has 0 bridgehead atoms. The van der Waals surface area contributed by atoms with Crippen LogP contribution < -0.4 is 10.6 Å². The Morgan fingerprint density at radius 3 is 2.48 bits per heavy atom. The smallest absolute Gasteiger partial charge is 0.191 e. The number of rotatable bonds is 8. The summed E-state index contributed by atoms with van der Waals surface area (Å²) >= 11 is 0. The predicted molar refractivity (Wildman–Crippen MR) is 128 cm³/mol. The second-order valence-electron chi connectivity index (χ2n) is 7.89. The van der Waals surface area contributed by atoms with Gasteiger partial charge in [0.1, 0.15) is 17.1 Å². The maximum Gasteiger partial charge on any atom is 0.191 e. The molecule has 2 atom stereocenters. The number of furan rings is 1. The molecule has 164 valence electrons. The van der Waals surface area contributed by atoms with Crippen molar-refractivity contribution in [1.29, 1.82) is 0 Å². The summed E-state index contributed by atoms with van der Waals surface area (Å²) in [4.78, 5) is 4.59. The fraction of sp³-hybridized carbons (Fsp3) is 0.619. The molecule has 29 heavy (non-hydrogen) atoms. The van der Waals surface area contributed by atoms with E-state index in [2.05, 4.69) is 40.6 Å². The molecule has 0 amide bonds. The molecule has 0 aliphatic heterocycles. The van der Waals surface area contributed by atoms with Gasteiger partial charge < -0.3 is 20.2 Å². The van der Waals surface area contributed by atoms with Crippen LogP contribution in [0.15, 0.2) is 21.5 Å². The molecule has 0 saturated heterocycles. The quantitative estimate of drug-likeness (QED) is 0.284. The van der Waals surface area contributed by atoms with Gasteiger partial charge in [-0.3, -0.25) is 4.68 Å². The van der Waals surface area contributed by atoms with Crippen molar-refractivity contribution in [2.24, 2.45) is 10.9 Å². The maximum atomic E-state index is 10.9. The Morgan fingerprint density at radius 2 is 1.97 bits per heavy atom. The summed E-state index contributed by atoms with van der Waals surface area (Å²) in [5.74, 6) is 2.59. The third-order valence-corrected chi connectivity index (χ3v) is 4.72. The molecule has 7 nitrogen and oxygen atoms in total. The van der Waals surface area contributed by atoms with Gasteiger partial charge in [-0.05, 0) is 59.6 Å². The zero-order valence-corrected chi connectivity index (χ0v) is 21.0. The lowest BCUT2D eigenvalue weighted by molar-refractivity contribution is 0.0657. The monoisotopic (exact) mass is 517 g/mol. The van der Waals surface area contributed by atoms with Crippen LogP contribution in [0.25, 0.3) is 0 Å². The Bertz CT molecular complexity index is 810. The zero-order chi connectivity index (χ0) is 20.9. The number of nitrogens with one attached hydrogen (secondary N) is 2. The Morgan fingerprint density at radius 1 is 1.28 bits per heavy atom. The Labute approximate surface area is 191 Å². The van der Waals surface area contributed by atoms with Crippen molar-refractivity contribution < 1.29 is 9.52 Å². The van der Waals surface area contributed by atoms with Gasteiger partial charge in [-0.15, -0.1) is 24.0 Å². The summed E-state index contributed by atoms with van der Waals surface area (Å²) in [6.45, 7) is 16.4. The summed E-state index contributed by atoms with van der Waals surface area (Å²) in [7, 11) is 0. The minimum Gasteiger partial charge on any atom is -0.466 e. The SMILES string of the molecule is CCNC(=NCC(C)(O)c1cc(C)oc1C)NCC(C)Cn1nc(C)cc1C.I. The molecule has 0 aromatic carbocycles. The highest BCUT2D eigenvalue weighted by Crippen LogP contribution is 2.27. The summed E-state index contributed by atoms with van der Waals surface area (Å²) in [5.41, 5.74) is 1.91. The molecule has 0 spiro atoms. The average Bonchev–Trinajstić information content (AvgIpc) is 3.11. The standard InChI is InChI=1S/C21H35N5O2.HI/c1-8-22-20(23-11-14(2)12-26-16(4)9-15(3)25-26)24-13-21(7,27)19-10-17(5)28-18(19)6;/h9-10,14,27H,8,11-13H2,1-7H3,(H2,22,23,24);1H. The largest absolute Gasteiger partial charge is 0.466 e. The third-order valence-electron chi connectivity index (χ3n) is 4.72. The van der Waals surface area contributed by atoms with E-state index < -0.39 is 5.60 Å². The molecular weight excluding hydrogens is 481 g/mol. The van der Waals surface area contributed by atoms with E-state index in [0.717, 1.165) is 42.4 Å². The van der Waals surface area contributed by atoms with Gasteiger partial charge in [-0.1, -0.05) is 6.92 Å². The molecular formula is C21H36IN5O2. The molecule has 2 aromatic rings. The van der Waals surface area contributed by atoms with E-state index >= 15 is 0 Å². The van der Waals surface area contributed by atoms with Crippen LogP contribution in [0.2, 0.25) is 0 Å². The lowest BCUT2D eigenvalue weighted by atomic mass is 9.96. The molecule has 2 heterocycles. The normalized spacial score (nSPS) is 14.8. The second-order valence-corrected chi connectivity index (χ2v) is 7.89. The van der Waals surface area contributed by atoms with E-state index in [1.807, 2.05) is 38.4 Å². The van der Waals surface area contributed by atoms with Gasteiger partial charge in [-0.25, -0.2) is 4.99 Å². The molecule has 0 saturated carbocycles. The zero-order valence-electron chi connectivity index (χ0n) is 18.7. The molecule has 0 aliphatic carbocycles.